The minimum atomic E-state index is -0.886. The monoisotopic (exact) mass is 468 g/mol. The highest BCUT2D eigenvalue weighted by Crippen LogP contribution is 2.43. The van der Waals surface area contributed by atoms with E-state index in [9.17, 15) is 14.7 Å². The first kappa shape index (κ1) is 25.1. The maximum atomic E-state index is 13.6. The summed E-state index contributed by atoms with van der Waals surface area (Å²) in [6.07, 6.45) is -0.0118. The highest BCUT2D eigenvalue weighted by molar-refractivity contribution is 6.46. The summed E-state index contributed by atoms with van der Waals surface area (Å²) in [6, 6.07) is 10.8. The molecule has 0 saturated carbocycles. The number of Topliss-reactive ketones (excluding diaryl/α,β-unsaturated/α-hetero) is 1. The minimum Gasteiger partial charge on any atom is -0.872 e. The molecule has 182 valence electrons. The van der Waals surface area contributed by atoms with Gasteiger partial charge < -0.3 is 29.1 Å². The molecule has 1 N–H and O–H groups in total. The predicted octanol–water partition coefficient (Wildman–Crippen LogP) is 0.860. The van der Waals surface area contributed by atoms with E-state index in [1.807, 2.05) is 27.9 Å². The Morgan fingerprint density at radius 1 is 1.03 bits per heavy atom. The standard InChI is InChI=1S/C26H32N2O6/c1-16(2)34-18-9-7-17(8-10-18)24(29)22-23(20-15-19(32-5)11-12-21(20)33-6)28(14-13-27(3)4)26(31)25(22)30/h7-12,15-16,23,29H,13-14H2,1-6H3. The van der Waals surface area contributed by atoms with E-state index in [-0.39, 0.29) is 11.7 Å². The number of nitrogens with one attached hydrogen (secondary N) is 1. The lowest BCUT2D eigenvalue weighted by Gasteiger charge is -2.29. The quantitative estimate of drug-likeness (QED) is 0.333. The van der Waals surface area contributed by atoms with Crippen molar-refractivity contribution in [3.8, 4) is 17.2 Å². The van der Waals surface area contributed by atoms with E-state index in [2.05, 4.69) is 0 Å². The topological polar surface area (TPSA) is 92.6 Å². The molecule has 0 spiro atoms. The van der Waals surface area contributed by atoms with Gasteiger partial charge in [-0.25, -0.2) is 0 Å². The molecule has 1 aliphatic rings. The van der Waals surface area contributed by atoms with Crippen LogP contribution in [0.25, 0.3) is 5.76 Å². The number of ketones is 1. The number of hydrogen-bond acceptors (Lipinski definition) is 6. The third-order valence-electron chi connectivity index (χ3n) is 5.60. The van der Waals surface area contributed by atoms with Gasteiger partial charge in [-0.3, -0.25) is 9.59 Å². The van der Waals surface area contributed by atoms with E-state index in [1.165, 1.54) is 19.1 Å². The van der Waals surface area contributed by atoms with Crippen molar-refractivity contribution in [2.75, 3.05) is 41.4 Å². The largest absolute Gasteiger partial charge is 0.872 e. The Bertz CT molecular complexity index is 1080. The second kappa shape index (κ2) is 10.6. The zero-order valence-corrected chi connectivity index (χ0v) is 20.5. The molecule has 8 nitrogen and oxygen atoms in total. The van der Waals surface area contributed by atoms with E-state index in [0.717, 1.165) is 4.90 Å². The van der Waals surface area contributed by atoms with Crippen molar-refractivity contribution in [3.63, 3.8) is 0 Å². The number of likely N-dealkylation sites (tertiary alicyclic amines) is 1. The number of likely N-dealkylation sites (N-methyl/N-ethyl adjacent to an activating group) is 1. The van der Waals surface area contributed by atoms with Crippen LogP contribution >= 0.6 is 0 Å². The van der Waals surface area contributed by atoms with Crippen LogP contribution < -0.4 is 24.2 Å². The number of methoxy groups -OCH3 is 2. The molecule has 0 bridgehead atoms. The lowest BCUT2D eigenvalue weighted by molar-refractivity contribution is -0.857. The van der Waals surface area contributed by atoms with Crippen molar-refractivity contribution in [1.29, 1.82) is 0 Å². The van der Waals surface area contributed by atoms with Crippen molar-refractivity contribution in [2.45, 2.75) is 26.0 Å². The van der Waals surface area contributed by atoms with Gasteiger partial charge in [-0.2, -0.15) is 0 Å². The van der Waals surface area contributed by atoms with Crippen molar-refractivity contribution < 1.29 is 33.8 Å². The van der Waals surface area contributed by atoms with Crippen LogP contribution in [0.15, 0.2) is 48.0 Å². The minimum absolute atomic E-state index is 0.0118. The van der Waals surface area contributed by atoms with E-state index in [0.29, 0.717) is 41.5 Å². The lowest BCUT2D eigenvalue weighted by atomic mass is 9.94. The van der Waals surface area contributed by atoms with Crippen molar-refractivity contribution in [1.82, 2.24) is 4.90 Å². The maximum Gasteiger partial charge on any atom is 0.295 e. The summed E-state index contributed by atoms with van der Waals surface area (Å²) in [5.74, 6) is -0.379. The van der Waals surface area contributed by atoms with Crippen LogP contribution in [-0.4, -0.2) is 64.1 Å². The number of quaternary nitrogens is 1. The first-order chi connectivity index (χ1) is 16.2. The fraction of sp³-hybridized carbons (Fsp3) is 0.385. The average molecular weight is 469 g/mol. The Hall–Kier alpha value is -3.52. The van der Waals surface area contributed by atoms with E-state index in [4.69, 9.17) is 14.2 Å². The summed E-state index contributed by atoms with van der Waals surface area (Å²) in [5.41, 5.74) is 0.736. The number of hydrogen-bond donors (Lipinski definition) is 1. The number of benzene rings is 2. The SMILES string of the molecule is COc1ccc(OC)c(C2C(=C([O-])c3ccc(OC(C)C)cc3)C(=O)C(=O)N2CC[NH+](C)C)c1. The van der Waals surface area contributed by atoms with Crippen molar-refractivity contribution >= 4 is 17.4 Å². The van der Waals surface area contributed by atoms with Gasteiger partial charge in [-0.1, -0.05) is 17.9 Å². The van der Waals surface area contributed by atoms with Crippen LogP contribution in [0, 0.1) is 0 Å². The van der Waals surface area contributed by atoms with Gasteiger partial charge in [-0.15, -0.1) is 0 Å². The predicted molar refractivity (Wildman–Crippen MR) is 126 cm³/mol. The van der Waals surface area contributed by atoms with Gasteiger partial charge in [0.05, 0.1) is 53.6 Å². The average Bonchev–Trinajstić information content (AvgIpc) is 3.06. The van der Waals surface area contributed by atoms with Gasteiger partial charge in [-0.05, 0) is 49.7 Å². The lowest BCUT2D eigenvalue weighted by Crippen LogP contribution is -3.06. The Kier molecular flexibility index (Phi) is 7.83. The molecule has 2 aromatic rings. The number of ether oxygens (including phenoxy) is 3. The zero-order valence-electron chi connectivity index (χ0n) is 20.5. The van der Waals surface area contributed by atoms with Crippen LogP contribution in [0.1, 0.15) is 31.0 Å². The van der Waals surface area contributed by atoms with Crippen LogP contribution in [-0.2, 0) is 9.59 Å². The number of nitrogens with zero attached hydrogens (tertiary/aromatic N) is 1. The smallest absolute Gasteiger partial charge is 0.295 e. The Morgan fingerprint density at radius 2 is 1.68 bits per heavy atom. The number of rotatable bonds is 9. The Morgan fingerprint density at radius 3 is 2.24 bits per heavy atom. The summed E-state index contributed by atoms with van der Waals surface area (Å²) >= 11 is 0. The molecule has 0 radical (unpaired) electrons. The third kappa shape index (κ3) is 5.17. The fourth-order valence-corrected chi connectivity index (χ4v) is 3.93. The molecule has 1 aliphatic heterocycles. The van der Waals surface area contributed by atoms with Crippen LogP contribution in [0.4, 0.5) is 0 Å². The number of carbonyl (C=O) groups is 2. The molecule has 0 aliphatic carbocycles. The van der Waals surface area contributed by atoms with Gasteiger partial charge >= 0.3 is 0 Å². The summed E-state index contributed by atoms with van der Waals surface area (Å²) in [5, 5.41) is 13.6. The maximum absolute atomic E-state index is 13.6. The van der Waals surface area contributed by atoms with E-state index in [1.54, 1.807) is 42.5 Å². The molecule has 1 heterocycles. The molecule has 1 unspecified atom stereocenters. The van der Waals surface area contributed by atoms with Gasteiger partial charge in [0.2, 0.25) is 5.78 Å². The zero-order chi connectivity index (χ0) is 25.0. The molecule has 34 heavy (non-hydrogen) atoms. The molecule has 1 atom stereocenters. The van der Waals surface area contributed by atoms with Gasteiger partial charge in [0.15, 0.2) is 0 Å². The van der Waals surface area contributed by atoms with Crippen LogP contribution in [0.5, 0.6) is 17.2 Å². The van der Waals surface area contributed by atoms with Gasteiger partial charge in [0.25, 0.3) is 5.91 Å². The first-order valence-electron chi connectivity index (χ1n) is 11.2. The summed E-state index contributed by atoms with van der Waals surface area (Å²) in [7, 11) is 6.95. The van der Waals surface area contributed by atoms with E-state index < -0.39 is 23.5 Å². The molecule has 1 saturated heterocycles. The summed E-state index contributed by atoms with van der Waals surface area (Å²) < 4.78 is 16.6. The van der Waals surface area contributed by atoms with Crippen LogP contribution in [0.3, 0.4) is 0 Å². The molecular formula is C26H32N2O6. The highest BCUT2D eigenvalue weighted by atomic mass is 16.5. The molecular weight excluding hydrogens is 436 g/mol. The Balaban J connectivity index is 2.17. The first-order valence-corrected chi connectivity index (χ1v) is 11.2. The van der Waals surface area contributed by atoms with Crippen LogP contribution in [0.2, 0.25) is 0 Å². The number of amides is 1. The van der Waals surface area contributed by atoms with E-state index >= 15 is 0 Å². The van der Waals surface area contributed by atoms with Gasteiger partial charge in [0, 0.05) is 11.1 Å². The molecule has 8 heteroatoms. The molecule has 3 rings (SSSR count). The number of carbonyl (C=O) groups excluding carboxylic acids is 2. The Labute approximate surface area is 200 Å². The highest BCUT2D eigenvalue weighted by Gasteiger charge is 2.45. The van der Waals surface area contributed by atoms with Gasteiger partial charge in [0.1, 0.15) is 17.2 Å². The molecule has 1 amide bonds. The summed E-state index contributed by atoms with van der Waals surface area (Å²) in [6.45, 7) is 4.72. The second-order valence-corrected chi connectivity index (χ2v) is 8.73. The normalized spacial score (nSPS) is 17.5. The molecule has 1 fully saturated rings. The summed E-state index contributed by atoms with van der Waals surface area (Å²) in [4.78, 5) is 28.8. The molecule has 0 aromatic heterocycles. The second-order valence-electron chi connectivity index (χ2n) is 8.73. The molecule has 2 aromatic carbocycles. The fourth-order valence-electron chi connectivity index (χ4n) is 3.93. The van der Waals surface area contributed by atoms with Crippen molar-refractivity contribution in [2.24, 2.45) is 0 Å². The van der Waals surface area contributed by atoms with Crippen molar-refractivity contribution in [3.05, 3.63) is 59.2 Å². The third-order valence-corrected chi connectivity index (χ3v) is 5.60.